The molecule has 0 heterocycles. The summed E-state index contributed by atoms with van der Waals surface area (Å²) in [5.74, 6) is 0. The highest BCUT2D eigenvalue weighted by Crippen LogP contribution is 2.28. The Labute approximate surface area is 83.7 Å². The van der Waals surface area contributed by atoms with E-state index in [1.54, 1.807) is 6.92 Å². The third-order valence-electron chi connectivity index (χ3n) is 2.49. The molecule has 5 nitrogen and oxygen atoms in total. The molecule has 0 aromatic carbocycles. The first-order chi connectivity index (χ1) is 6.63. The van der Waals surface area contributed by atoms with Crippen LogP contribution in [0.4, 0.5) is 0 Å². The Bertz CT molecular complexity index is 221. The zero-order chi connectivity index (χ0) is 11.0. The second-order valence-electron chi connectivity index (χ2n) is 3.18. The van der Waals surface area contributed by atoms with Crippen LogP contribution in [0.2, 0.25) is 0 Å². The predicted octanol–water partition coefficient (Wildman–Crippen LogP) is 1.82. The molecular formula is C9H15N3O2. The van der Waals surface area contributed by atoms with Crippen molar-refractivity contribution in [3.8, 4) is 12.1 Å². The van der Waals surface area contributed by atoms with Gasteiger partial charge in [-0.3, -0.25) is 10.4 Å². The Kier molecular flexibility index (Phi) is 5.82. The molecule has 0 aromatic heterocycles. The van der Waals surface area contributed by atoms with Crippen LogP contribution in [0, 0.1) is 22.7 Å². The van der Waals surface area contributed by atoms with Gasteiger partial charge in [-0.2, -0.15) is 10.5 Å². The maximum Gasteiger partial charge on any atom is 0.0749 e. The Morgan fingerprint density at radius 3 is 1.79 bits per heavy atom. The van der Waals surface area contributed by atoms with E-state index < -0.39 is 5.54 Å². The van der Waals surface area contributed by atoms with Gasteiger partial charge in [0.25, 0.3) is 0 Å². The van der Waals surface area contributed by atoms with Gasteiger partial charge in [0.2, 0.25) is 0 Å². The minimum absolute atomic E-state index is 0.154. The molecule has 78 valence electrons. The summed E-state index contributed by atoms with van der Waals surface area (Å²) in [6.45, 7) is 1.80. The van der Waals surface area contributed by atoms with E-state index >= 15 is 0 Å². The lowest BCUT2D eigenvalue weighted by Gasteiger charge is -2.34. The number of rotatable bonds is 6. The van der Waals surface area contributed by atoms with Crippen molar-refractivity contribution < 1.29 is 10.4 Å². The van der Waals surface area contributed by atoms with Crippen molar-refractivity contribution in [2.75, 3.05) is 0 Å². The molecule has 0 spiro atoms. The van der Waals surface area contributed by atoms with E-state index in [4.69, 9.17) is 20.9 Å². The molecule has 0 saturated heterocycles. The standard InChI is InChI=1S/C9H15N3O2/c1-2-9(12(13)14,5-3-7-10)6-4-8-11/h13-14H,2-6H2,1H3. The van der Waals surface area contributed by atoms with Crippen LogP contribution in [0.15, 0.2) is 0 Å². The van der Waals surface area contributed by atoms with Gasteiger partial charge in [0.15, 0.2) is 0 Å². The maximum absolute atomic E-state index is 9.09. The van der Waals surface area contributed by atoms with Crippen molar-refractivity contribution in [2.45, 2.75) is 44.6 Å². The summed E-state index contributed by atoms with van der Waals surface area (Å²) in [7, 11) is 0. The molecule has 14 heavy (non-hydrogen) atoms. The number of nitriles is 2. The average Bonchev–Trinajstić information content (AvgIpc) is 2.18. The van der Waals surface area contributed by atoms with Gasteiger partial charge in [-0.1, -0.05) is 12.2 Å². The molecule has 5 heteroatoms. The number of hydrogen-bond donors (Lipinski definition) is 2. The Morgan fingerprint density at radius 2 is 1.57 bits per heavy atom. The molecule has 0 unspecified atom stereocenters. The molecule has 0 rings (SSSR count). The van der Waals surface area contributed by atoms with Crippen molar-refractivity contribution in [1.82, 2.24) is 5.23 Å². The highest BCUT2D eigenvalue weighted by molar-refractivity contribution is 4.89. The molecule has 0 saturated carbocycles. The summed E-state index contributed by atoms with van der Waals surface area (Å²) >= 11 is 0. The summed E-state index contributed by atoms with van der Waals surface area (Å²) < 4.78 is 0. The molecular weight excluding hydrogens is 182 g/mol. The smallest absolute Gasteiger partial charge is 0.0749 e. The second kappa shape index (κ2) is 6.33. The van der Waals surface area contributed by atoms with Crippen LogP contribution in [0.3, 0.4) is 0 Å². The first-order valence-corrected chi connectivity index (χ1v) is 4.55. The minimum Gasteiger partial charge on any atom is -0.289 e. The largest absolute Gasteiger partial charge is 0.289 e. The summed E-state index contributed by atoms with van der Waals surface area (Å²) in [6, 6.07) is 3.91. The van der Waals surface area contributed by atoms with Crippen LogP contribution in [0.25, 0.3) is 0 Å². The Hall–Kier alpha value is -1.14. The highest BCUT2D eigenvalue weighted by Gasteiger charge is 2.33. The van der Waals surface area contributed by atoms with Crippen LogP contribution >= 0.6 is 0 Å². The zero-order valence-corrected chi connectivity index (χ0v) is 8.27. The molecule has 0 bridgehead atoms. The van der Waals surface area contributed by atoms with Crippen LogP contribution < -0.4 is 0 Å². The van der Waals surface area contributed by atoms with Gasteiger partial charge in [-0.15, -0.1) is 0 Å². The van der Waals surface area contributed by atoms with Gasteiger partial charge in [-0.25, -0.2) is 0 Å². The lowest BCUT2D eigenvalue weighted by Crippen LogP contribution is -2.44. The lowest BCUT2D eigenvalue weighted by molar-refractivity contribution is -0.366. The number of hydrogen-bond acceptors (Lipinski definition) is 5. The van der Waals surface area contributed by atoms with Crippen LogP contribution in [0.5, 0.6) is 0 Å². The monoisotopic (exact) mass is 197 g/mol. The van der Waals surface area contributed by atoms with Gasteiger partial charge in [0.1, 0.15) is 0 Å². The predicted molar refractivity (Wildman–Crippen MR) is 48.1 cm³/mol. The fourth-order valence-electron chi connectivity index (χ4n) is 1.40. The van der Waals surface area contributed by atoms with Gasteiger partial charge in [0.05, 0.1) is 17.7 Å². The van der Waals surface area contributed by atoms with Crippen LogP contribution in [-0.2, 0) is 0 Å². The van der Waals surface area contributed by atoms with Crippen LogP contribution in [0.1, 0.15) is 39.0 Å². The SMILES string of the molecule is CCC(CCC#N)(CCC#N)N(O)O. The number of nitrogens with zero attached hydrogens (tertiary/aromatic N) is 3. The lowest BCUT2D eigenvalue weighted by atomic mass is 9.86. The number of hydroxylamine groups is 2. The van der Waals surface area contributed by atoms with E-state index in [1.807, 2.05) is 12.1 Å². The van der Waals surface area contributed by atoms with E-state index in [1.165, 1.54) is 0 Å². The van der Waals surface area contributed by atoms with Crippen molar-refractivity contribution in [3.63, 3.8) is 0 Å². The third-order valence-corrected chi connectivity index (χ3v) is 2.49. The van der Waals surface area contributed by atoms with Crippen molar-refractivity contribution >= 4 is 0 Å². The van der Waals surface area contributed by atoms with Crippen molar-refractivity contribution in [2.24, 2.45) is 0 Å². The fraction of sp³-hybridized carbons (Fsp3) is 0.778. The third kappa shape index (κ3) is 3.31. The van der Waals surface area contributed by atoms with Gasteiger partial charge >= 0.3 is 0 Å². The highest BCUT2D eigenvalue weighted by atomic mass is 16.8. The second-order valence-corrected chi connectivity index (χ2v) is 3.18. The summed E-state index contributed by atoms with van der Waals surface area (Å²) in [6.07, 6.45) is 1.69. The molecule has 0 aromatic rings. The minimum atomic E-state index is -0.856. The summed E-state index contributed by atoms with van der Waals surface area (Å²) in [4.78, 5) is 0. The summed E-state index contributed by atoms with van der Waals surface area (Å²) in [5.41, 5.74) is -0.856. The van der Waals surface area contributed by atoms with Crippen molar-refractivity contribution in [1.29, 1.82) is 10.5 Å². The molecule has 0 amide bonds. The van der Waals surface area contributed by atoms with E-state index in [2.05, 4.69) is 0 Å². The van der Waals surface area contributed by atoms with E-state index in [0.29, 0.717) is 19.3 Å². The quantitative estimate of drug-likeness (QED) is 0.634. The van der Waals surface area contributed by atoms with Gasteiger partial charge in [-0.05, 0) is 19.3 Å². The molecule has 0 atom stereocenters. The maximum atomic E-state index is 9.09. The Balaban J connectivity index is 4.46. The van der Waals surface area contributed by atoms with Crippen LogP contribution in [-0.4, -0.2) is 21.2 Å². The fourth-order valence-corrected chi connectivity index (χ4v) is 1.40. The Morgan fingerprint density at radius 1 is 1.14 bits per heavy atom. The van der Waals surface area contributed by atoms with E-state index in [-0.39, 0.29) is 18.1 Å². The van der Waals surface area contributed by atoms with Crippen molar-refractivity contribution in [3.05, 3.63) is 0 Å². The molecule has 0 radical (unpaired) electrons. The van der Waals surface area contributed by atoms with Gasteiger partial charge < -0.3 is 0 Å². The molecule has 0 fully saturated rings. The van der Waals surface area contributed by atoms with Gasteiger partial charge in [0, 0.05) is 12.8 Å². The molecule has 0 aliphatic carbocycles. The normalized spacial score (nSPS) is 11.0. The van der Waals surface area contributed by atoms with E-state index in [0.717, 1.165) is 0 Å². The average molecular weight is 197 g/mol. The summed E-state index contributed by atoms with van der Waals surface area (Å²) in [5, 5.41) is 35.2. The first kappa shape index (κ1) is 12.9. The first-order valence-electron chi connectivity index (χ1n) is 4.55. The molecule has 2 N–H and O–H groups in total. The molecule has 0 aliphatic heterocycles. The topological polar surface area (TPSA) is 91.3 Å². The van der Waals surface area contributed by atoms with E-state index in [9.17, 15) is 0 Å². The molecule has 0 aliphatic rings. The zero-order valence-electron chi connectivity index (χ0n) is 8.27.